The molecule has 0 fully saturated rings. The number of carbonyl (C=O) groups excluding carboxylic acids is 2. The molecule has 1 N–H and O–H groups in total. The number of furan rings is 1. The number of rotatable bonds is 16. The molecule has 0 saturated heterocycles. The van der Waals surface area contributed by atoms with Crippen LogP contribution in [0.25, 0.3) is 0 Å². The molecule has 2 heterocycles. The maximum absolute atomic E-state index is 13.4. The molecule has 8 nitrogen and oxygen atoms in total. The topological polar surface area (TPSA) is 92.5 Å². The van der Waals surface area contributed by atoms with Gasteiger partial charge in [-0.2, -0.15) is 0 Å². The molecule has 0 saturated carbocycles. The van der Waals surface area contributed by atoms with Gasteiger partial charge in [0.1, 0.15) is 0 Å². The van der Waals surface area contributed by atoms with Crippen LogP contribution in [0.5, 0.6) is 11.5 Å². The second-order valence-corrected chi connectivity index (χ2v) is 9.04. The van der Waals surface area contributed by atoms with Crippen LogP contribution < -0.4 is 9.47 Å². The van der Waals surface area contributed by atoms with Gasteiger partial charge in [-0.15, -0.1) is 0 Å². The number of benzene rings is 1. The van der Waals surface area contributed by atoms with Crippen molar-refractivity contribution in [2.24, 2.45) is 0 Å². The third-order valence-corrected chi connectivity index (χ3v) is 6.65. The van der Waals surface area contributed by atoms with E-state index < -0.39 is 23.5 Å². The number of carbonyl (C=O) groups is 2. The Kier molecular flexibility index (Phi) is 10.6. The summed E-state index contributed by atoms with van der Waals surface area (Å²) in [5.74, 6) is -0.367. The second kappa shape index (κ2) is 13.9. The number of hydrogen-bond acceptors (Lipinski definition) is 7. The molecule has 3 rings (SSSR count). The molecule has 0 bridgehead atoms. The Bertz CT molecular complexity index is 1060. The first kappa shape index (κ1) is 28.3. The summed E-state index contributed by atoms with van der Waals surface area (Å²) < 4.78 is 17.2. The number of Topliss-reactive ketones (excluding diaryl/α,β-unsaturated/α-hetero) is 1. The Morgan fingerprint density at radius 2 is 1.84 bits per heavy atom. The van der Waals surface area contributed by atoms with E-state index in [4.69, 9.17) is 13.9 Å². The van der Waals surface area contributed by atoms with Crippen LogP contribution in [-0.2, 0) is 4.79 Å². The van der Waals surface area contributed by atoms with Crippen LogP contribution in [0.3, 0.4) is 0 Å². The molecular formula is C29H40N2O6. The van der Waals surface area contributed by atoms with E-state index in [0.717, 1.165) is 38.9 Å². The van der Waals surface area contributed by atoms with E-state index in [9.17, 15) is 14.7 Å². The van der Waals surface area contributed by atoms with E-state index in [1.165, 1.54) is 12.3 Å². The van der Waals surface area contributed by atoms with Crippen LogP contribution in [0.15, 0.2) is 52.3 Å². The van der Waals surface area contributed by atoms with E-state index >= 15 is 0 Å². The van der Waals surface area contributed by atoms with Gasteiger partial charge in [-0.3, -0.25) is 9.59 Å². The first-order valence-electron chi connectivity index (χ1n) is 13.4. The fraction of sp³-hybridized carbons (Fsp3) is 0.517. The van der Waals surface area contributed by atoms with Crippen molar-refractivity contribution in [3.05, 3.63) is 59.3 Å². The molecule has 202 valence electrons. The Morgan fingerprint density at radius 1 is 1.05 bits per heavy atom. The number of ketones is 1. The molecular weight excluding hydrogens is 472 g/mol. The first-order chi connectivity index (χ1) is 18.0. The summed E-state index contributed by atoms with van der Waals surface area (Å²) in [5.41, 5.74) is 0.682. The van der Waals surface area contributed by atoms with Gasteiger partial charge < -0.3 is 28.8 Å². The van der Waals surface area contributed by atoms with Gasteiger partial charge in [0.15, 0.2) is 23.0 Å². The largest absolute Gasteiger partial charge is 0.503 e. The zero-order valence-electron chi connectivity index (χ0n) is 22.5. The van der Waals surface area contributed by atoms with Gasteiger partial charge in [0.05, 0.1) is 31.1 Å². The van der Waals surface area contributed by atoms with E-state index in [0.29, 0.717) is 43.2 Å². The molecule has 0 spiro atoms. The van der Waals surface area contributed by atoms with Gasteiger partial charge in [0.25, 0.3) is 5.91 Å². The molecule has 8 heteroatoms. The van der Waals surface area contributed by atoms with E-state index in [1.54, 1.807) is 11.0 Å². The van der Waals surface area contributed by atoms with Crippen molar-refractivity contribution in [3.63, 3.8) is 0 Å². The molecule has 2 aromatic rings. The monoisotopic (exact) mass is 512 g/mol. The number of nitrogens with zero attached hydrogens (tertiary/aromatic N) is 2. The van der Waals surface area contributed by atoms with E-state index in [1.807, 2.05) is 25.1 Å². The standard InChI is InChI=1S/C29H40N2O6/c1-5-9-10-18-36-22-15-14-21(20-24(22)35-8-4)26-25(27(32)23-13-11-19-37-23)28(33)29(34)31(26)17-12-16-30(6-2)7-3/h11,13-15,19-20,26,33H,5-10,12,16-18H2,1-4H3. The molecule has 1 aromatic carbocycles. The number of aliphatic hydroxyl groups is 1. The Hall–Kier alpha value is -3.26. The van der Waals surface area contributed by atoms with Gasteiger partial charge in [0, 0.05) is 6.54 Å². The zero-order valence-corrected chi connectivity index (χ0v) is 22.5. The lowest BCUT2D eigenvalue weighted by Gasteiger charge is -2.28. The first-order valence-corrected chi connectivity index (χ1v) is 13.4. The lowest BCUT2D eigenvalue weighted by Crippen LogP contribution is -2.34. The average molecular weight is 513 g/mol. The van der Waals surface area contributed by atoms with Gasteiger partial charge >= 0.3 is 0 Å². The van der Waals surface area contributed by atoms with Crippen LogP contribution in [0.2, 0.25) is 0 Å². The number of amides is 1. The third kappa shape index (κ3) is 6.74. The number of ether oxygens (including phenoxy) is 2. The van der Waals surface area contributed by atoms with Gasteiger partial charge in [-0.05, 0) is 69.2 Å². The van der Waals surface area contributed by atoms with Gasteiger partial charge in [-0.25, -0.2) is 0 Å². The molecule has 1 aliphatic heterocycles. The van der Waals surface area contributed by atoms with Crippen LogP contribution in [0.4, 0.5) is 0 Å². The lowest BCUT2D eigenvalue weighted by atomic mass is 9.94. The average Bonchev–Trinajstić information content (AvgIpc) is 3.53. The van der Waals surface area contributed by atoms with Crippen molar-refractivity contribution >= 4 is 11.7 Å². The molecule has 37 heavy (non-hydrogen) atoms. The van der Waals surface area contributed by atoms with Crippen molar-refractivity contribution < 1.29 is 28.6 Å². The highest BCUT2D eigenvalue weighted by Gasteiger charge is 2.44. The highest BCUT2D eigenvalue weighted by molar-refractivity contribution is 6.15. The highest BCUT2D eigenvalue weighted by Crippen LogP contribution is 2.42. The number of unbranched alkanes of at least 4 members (excludes halogenated alkanes) is 2. The van der Waals surface area contributed by atoms with Crippen molar-refractivity contribution in [2.45, 2.75) is 59.4 Å². The zero-order chi connectivity index (χ0) is 26.8. The van der Waals surface area contributed by atoms with Crippen molar-refractivity contribution in [1.29, 1.82) is 0 Å². The molecule has 1 amide bonds. The van der Waals surface area contributed by atoms with E-state index in [2.05, 4.69) is 25.7 Å². The van der Waals surface area contributed by atoms with Crippen molar-refractivity contribution in [2.75, 3.05) is 39.4 Å². The van der Waals surface area contributed by atoms with Crippen LogP contribution >= 0.6 is 0 Å². The maximum Gasteiger partial charge on any atom is 0.290 e. The summed E-state index contributed by atoms with van der Waals surface area (Å²) in [5, 5.41) is 10.9. The van der Waals surface area contributed by atoms with E-state index in [-0.39, 0.29) is 11.3 Å². The van der Waals surface area contributed by atoms with Crippen LogP contribution in [-0.4, -0.2) is 66.0 Å². The van der Waals surface area contributed by atoms with Crippen molar-refractivity contribution in [1.82, 2.24) is 9.80 Å². The third-order valence-electron chi connectivity index (χ3n) is 6.65. The minimum atomic E-state index is -0.768. The summed E-state index contributed by atoms with van der Waals surface area (Å²) >= 11 is 0. The Morgan fingerprint density at radius 3 is 2.49 bits per heavy atom. The molecule has 0 aliphatic carbocycles. The Labute approximate surface area is 219 Å². The van der Waals surface area contributed by atoms with Crippen LogP contribution in [0, 0.1) is 0 Å². The predicted octanol–water partition coefficient (Wildman–Crippen LogP) is 5.56. The minimum Gasteiger partial charge on any atom is -0.503 e. The summed E-state index contributed by atoms with van der Waals surface area (Å²) in [4.78, 5) is 30.5. The van der Waals surface area contributed by atoms with Crippen LogP contribution in [0.1, 0.15) is 75.5 Å². The van der Waals surface area contributed by atoms with Crippen molar-refractivity contribution in [3.8, 4) is 11.5 Å². The number of aliphatic hydroxyl groups excluding tert-OH is 1. The molecule has 1 aromatic heterocycles. The second-order valence-electron chi connectivity index (χ2n) is 9.04. The molecule has 0 radical (unpaired) electrons. The number of hydrogen-bond donors (Lipinski definition) is 1. The normalized spacial score (nSPS) is 15.6. The fourth-order valence-corrected chi connectivity index (χ4v) is 4.62. The quantitative estimate of drug-likeness (QED) is 0.233. The lowest BCUT2D eigenvalue weighted by molar-refractivity contribution is -0.129. The Balaban J connectivity index is 1.96. The smallest absolute Gasteiger partial charge is 0.290 e. The summed E-state index contributed by atoms with van der Waals surface area (Å²) in [6.07, 6.45) is 5.23. The molecule has 1 atom stereocenters. The van der Waals surface area contributed by atoms with Gasteiger partial charge in [-0.1, -0.05) is 39.7 Å². The van der Waals surface area contributed by atoms with Gasteiger partial charge in [0.2, 0.25) is 5.78 Å². The maximum atomic E-state index is 13.4. The minimum absolute atomic E-state index is 0.0156. The summed E-state index contributed by atoms with van der Waals surface area (Å²) in [6.45, 7) is 12.3. The molecule has 1 aliphatic rings. The SMILES string of the molecule is CCCCCOc1ccc(C2C(C(=O)c3ccco3)=C(O)C(=O)N2CCCN(CC)CC)cc1OCC. The molecule has 1 unspecified atom stereocenters. The summed E-state index contributed by atoms with van der Waals surface area (Å²) in [7, 11) is 0. The summed E-state index contributed by atoms with van der Waals surface area (Å²) in [6, 6.07) is 7.83. The highest BCUT2D eigenvalue weighted by atomic mass is 16.5. The fourth-order valence-electron chi connectivity index (χ4n) is 4.62. The predicted molar refractivity (Wildman–Crippen MR) is 142 cm³/mol.